The van der Waals surface area contributed by atoms with Gasteiger partial charge in [0.05, 0.1) is 19.1 Å². The molecule has 2 fully saturated rings. The third-order valence-electron chi connectivity index (χ3n) is 3.79. The lowest BCUT2D eigenvalue weighted by molar-refractivity contribution is -0.143. The molecule has 2 atom stereocenters. The maximum atomic E-state index is 11.0. The van der Waals surface area contributed by atoms with Crippen LogP contribution >= 0.6 is 0 Å². The van der Waals surface area contributed by atoms with E-state index < -0.39 is 5.97 Å². The Kier molecular flexibility index (Phi) is 3.26. The van der Waals surface area contributed by atoms with E-state index in [2.05, 4.69) is 4.90 Å². The van der Waals surface area contributed by atoms with Crippen molar-refractivity contribution in [3.8, 4) is 0 Å². The maximum absolute atomic E-state index is 11.0. The second-order valence-corrected chi connectivity index (χ2v) is 4.65. The summed E-state index contributed by atoms with van der Waals surface area (Å²) in [5, 5.41) is 9.07. The standard InChI is InChI=1S/C11H19NO3/c1-12(8-4-2-3-5-8)10-7-15-6-9(10)11(13)14/h8-10H,2-7H2,1H3,(H,13,14). The van der Waals surface area contributed by atoms with Crippen LogP contribution in [0.4, 0.5) is 0 Å². The number of aliphatic carboxylic acids is 1. The molecule has 2 rings (SSSR count). The van der Waals surface area contributed by atoms with Crippen molar-refractivity contribution >= 4 is 5.97 Å². The Balaban J connectivity index is 1.98. The van der Waals surface area contributed by atoms with Gasteiger partial charge in [0, 0.05) is 12.1 Å². The first kappa shape index (κ1) is 10.9. The number of nitrogens with zero attached hydrogens (tertiary/aromatic N) is 1. The number of carboxylic acid groups (broad SMARTS) is 1. The predicted octanol–water partition coefficient (Wildman–Crippen LogP) is 0.960. The molecule has 0 radical (unpaired) electrons. The third kappa shape index (κ3) is 2.16. The predicted molar refractivity (Wildman–Crippen MR) is 55.8 cm³/mol. The summed E-state index contributed by atoms with van der Waals surface area (Å²) < 4.78 is 5.29. The fourth-order valence-electron chi connectivity index (χ4n) is 2.76. The molecule has 4 nitrogen and oxygen atoms in total. The molecule has 2 unspecified atom stereocenters. The van der Waals surface area contributed by atoms with E-state index in [0.717, 1.165) is 0 Å². The van der Waals surface area contributed by atoms with Gasteiger partial charge in [0.25, 0.3) is 0 Å². The molecule has 0 bridgehead atoms. The van der Waals surface area contributed by atoms with Crippen LogP contribution < -0.4 is 0 Å². The third-order valence-corrected chi connectivity index (χ3v) is 3.79. The smallest absolute Gasteiger partial charge is 0.310 e. The lowest BCUT2D eigenvalue weighted by Gasteiger charge is -2.31. The van der Waals surface area contributed by atoms with Crippen LogP contribution in [-0.2, 0) is 9.53 Å². The van der Waals surface area contributed by atoms with Crippen molar-refractivity contribution in [1.82, 2.24) is 4.90 Å². The van der Waals surface area contributed by atoms with E-state index in [0.29, 0.717) is 19.3 Å². The van der Waals surface area contributed by atoms with Crippen molar-refractivity contribution in [3.05, 3.63) is 0 Å². The Hall–Kier alpha value is -0.610. The van der Waals surface area contributed by atoms with Crippen LogP contribution in [0.5, 0.6) is 0 Å². The monoisotopic (exact) mass is 213 g/mol. The molecular formula is C11H19NO3. The molecule has 0 aromatic heterocycles. The van der Waals surface area contributed by atoms with Crippen molar-refractivity contribution < 1.29 is 14.6 Å². The normalized spacial score (nSPS) is 32.7. The highest BCUT2D eigenvalue weighted by molar-refractivity contribution is 5.71. The van der Waals surface area contributed by atoms with E-state index in [1.54, 1.807) is 0 Å². The fourth-order valence-corrected chi connectivity index (χ4v) is 2.76. The van der Waals surface area contributed by atoms with Crippen LogP contribution in [0.2, 0.25) is 0 Å². The minimum absolute atomic E-state index is 0.0746. The van der Waals surface area contributed by atoms with Gasteiger partial charge in [-0.25, -0.2) is 0 Å². The highest BCUT2D eigenvalue weighted by Crippen LogP contribution is 2.28. The van der Waals surface area contributed by atoms with E-state index in [1.165, 1.54) is 25.7 Å². The van der Waals surface area contributed by atoms with Gasteiger partial charge in [-0.2, -0.15) is 0 Å². The van der Waals surface area contributed by atoms with Crippen LogP contribution in [0.25, 0.3) is 0 Å². The molecule has 4 heteroatoms. The molecule has 1 saturated carbocycles. The molecule has 0 amide bonds. The summed E-state index contributed by atoms with van der Waals surface area (Å²) in [6.45, 7) is 0.945. The molecule has 0 spiro atoms. The first-order chi connectivity index (χ1) is 7.20. The van der Waals surface area contributed by atoms with Gasteiger partial charge in [-0.1, -0.05) is 12.8 Å². The van der Waals surface area contributed by atoms with Gasteiger partial charge in [0.2, 0.25) is 0 Å². The molecule has 1 saturated heterocycles. The Bertz CT molecular complexity index is 238. The van der Waals surface area contributed by atoms with Gasteiger partial charge in [0.15, 0.2) is 0 Å². The topological polar surface area (TPSA) is 49.8 Å². The molecule has 1 N–H and O–H groups in total. The van der Waals surface area contributed by atoms with Crippen LogP contribution in [0.15, 0.2) is 0 Å². The lowest BCUT2D eigenvalue weighted by atomic mass is 10.0. The summed E-state index contributed by atoms with van der Waals surface area (Å²) in [4.78, 5) is 13.3. The van der Waals surface area contributed by atoms with Crippen molar-refractivity contribution in [2.45, 2.75) is 37.8 Å². The van der Waals surface area contributed by atoms with Crippen molar-refractivity contribution in [3.63, 3.8) is 0 Å². The average Bonchev–Trinajstić information content (AvgIpc) is 2.88. The number of carbonyl (C=O) groups is 1. The summed E-state index contributed by atoms with van der Waals surface area (Å²) in [5.41, 5.74) is 0. The molecular weight excluding hydrogens is 194 g/mol. The second-order valence-electron chi connectivity index (χ2n) is 4.65. The lowest BCUT2D eigenvalue weighted by Crippen LogP contribution is -2.45. The highest BCUT2D eigenvalue weighted by atomic mass is 16.5. The number of likely N-dealkylation sites (N-methyl/N-ethyl adjacent to an activating group) is 1. The van der Waals surface area contributed by atoms with Crippen LogP contribution in [0.3, 0.4) is 0 Å². The highest BCUT2D eigenvalue weighted by Gasteiger charge is 2.39. The fraction of sp³-hybridized carbons (Fsp3) is 0.909. The molecule has 2 aliphatic rings. The SMILES string of the molecule is CN(C1CCCC1)C1COCC1C(=O)O. The zero-order valence-corrected chi connectivity index (χ0v) is 9.19. The zero-order chi connectivity index (χ0) is 10.8. The molecule has 1 aliphatic heterocycles. The number of hydrogen-bond acceptors (Lipinski definition) is 3. The van der Waals surface area contributed by atoms with Gasteiger partial charge < -0.3 is 9.84 Å². The molecule has 0 aromatic carbocycles. The first-order valence-electron chi connectivity index (χ1n) is 5.72. The van der Waals surface area contributed by atoms with E-state index >= 15 is 0 Å². The Morgan fingerprint density at radius 1 is 1.33 bits per heavy atom. The van der Waals surface area contributed by atoms with Gasteiger partial charge >= 0.3 is 5.97 Å². The quantitative estimate of drug-likeness (QED) is 0.758. The average molecular weight is 213 g/mol. The molecule has 1 aliphatic carbocycles. The Morgan fingerprint density at radius 2 is 2.00 bits per heavy atom. The summed E-state index contributed by atoms with van der Waals surface area (Å²) in [5.74, 6) is -1.06. The summed E-state index contributed by atoms with van der Waals surface area (Å²) in [7, 11) is 2.05. The number of carboxylic acids is 1. The van der Waals surface area contributed by atoms with E-state index in [4.69, 9.17) is 9.84 Å². The van der Waals surface area contributed by atoms with E-state index in [1.807, 2.05) is 7.05 Å². The zero-order valence-electron chi connectivity index (χ0n) is 9.19. The summed E-state index contributed by atoms with van der Waals surface area (Å²) >= 11 is 0. The van der Waals surface area contributed by atoms with Crippen molar-refractivity contribution in [1.29, 1.82) is 0 Å². The molecule has 15 heavy (non-hydrogen) atoms. The van der Waals surface area contributed by atoms with Gasteiger partial charge in [0.1, 0.15) is 0 Å². The van der Waals surface area contributed by atoms with Crippen LogP contribution in [0, 0.1) is 5.92 Å². The van der Waals surface area contributed by atoms with E-state index in [-0.39, 0.29) is 12.0 Å². The van der Waals surface area contributed by atoms with Gasteiger partial charge in [-0.3, -0.25) is 9.69 Å². The van der Waals surface area contributed by atoms with Crippen molar-refractivity contribution in [2.75, 3.05) is 20.3 Å². The van der Waals surface area contributed by atoms with E-state index in [9.17, 15) is 4.79 Å². The maximum Gasteiger partial charge on any atom is 0.310 e. The Labute approximate surface area is 90.2 Å². The van der Waals surface area contributed by atoms with Gasteiger partial charge in [-0.05, 0) is 19.9 Å². The van der Waals surface area contributed by atoms with Gasteiger partial charge in [-0.15, -0.1) is 0 Å². The number of rotatable bonds is 3. The summed E-state index contributed by atoms with van der Waals surface area (Å²) in [6.07, 6.45) is 4.97. The molecule has 1 heterocycles. The molecule has 86 valence electrons. The number of hydrogen-bond donors (Lipinski definition) is 1. The minimum Gasteiger partial charge on any atom is -0.481 e. The molecule has 0 aromatic rings. The second kappa shape index (κ2) is 4.49. The van der Waals surface area contributed by atoms with Crippen LogP contribution in [-0.4, -0.2) is 48.3 Å². The van der Waals surface area contributed by atoms with Crippen molar-refractivity contribution in [2.24, 2.45) is 5.92 Å². The Morgan fingerprint density at radius 3 is 2.60 bits per heavy atom. The largest absolute Gasteiger partial charge is 0.481 e. The summed E-state index contributed by atoms with van der Waals surface area (Å²) in [6, 6.07) is 0.643. The number of ether oxygens (including phenoxy) is 1. The first-order valence-corrected chi connectivity index (χ1v) is 5.72. The minimum atomic E-state index is -0.720. The van der Waals surface area contributed by atoms with Crippen LogP contribution in [0.1, 0.15) is 25.7 Å².